The Bertz CT molecular complexity index is 1560. The van der Waals surface area contributed by atoms with Crippen molar-refractivity contribution in [2.24, 2.45) is 0 Å². The number of alkyl halides is 6. The summed E-state index contributed by atoms with van der Waals surface area (Å²) in [5, 5.41) is 3.67. The summed E-state index contributed by atoms with van der Waals surface area (Å²) in [5.74, 6) is -0.216. The van der Waals surface area contributed by atoms with E-state index in [0.29, 0.717) is 23.8 Å². The number of amides is 2. The molecule has 15 heteroatoms. The van der Waals surface area contributed by atoms with Gasteiger partial charge in [0.25, 0.3) is 10.1 Å². The van der Waals surface area contributed by atoms with Gasteiger partial charge in [-0.15, -0.1) is 0 Å². The zero-order valence-electron chi connectivity index (χ0n) is 21.5. The Morgan fingerprint density at radius 2 is 1.56 bits per heavy atom. The molecule has 1 unspecified atom stereocenters. The summed E-state index contributed by atoms with van der Waals surface area (Å²) in [6.45, 7) is 4.86. The van der Waals surface area contributed by atoms with Crippen molar-refractivity contribution in [2.45, 2.75) is 49.5 Å². The Balaban J connectivity index is 1.92. The molecule has 0 aliphatic carbocycles. The highest BCUT2D eigenvalue weighted by molar-refractivity contribution is 7.85. The van der Waals surface area contributed by atoms with Crippen molar-refractivity contribution in [3.05, 3.63) is 82.4 Å². The van der Waals surface area contributed by atoms with E-state index in [4.69, 9.17) is 16.3 Å². The fourth-order valence-electron chi connectivity index (χ4n) is 3.64. The van der Waals surface area contributed by atoms with Crippen molar-refractivity contribution in [1.29, 1.82) is 0 Å². The second-order valence-corrected chi connectivity index (χ2v) is 11.3. The molecule has 0 radical (unpaired) electrons. The zero-order valence-corrected chi connectivity index (χ0v) is 23.1. The number of carbonyl (C=O) groups is 1. The molecule has 0 aromatic heterocycles. The smallest absolute Gasteiger partial charge is 0.417 e. The molecule has 1 atom stereocenters. The van der Waals surface area contributed by atoms with Gasteiger partial charge in [0.1, 0.15) is 11.9 Å². The first-order valence-electron chi connectivity index (χ1n) is 11.6. The lowest BCUT2D eigenvalue weighted by molar-refractivity contribution is -0.138. The summed E-state index contributed by atoms with van der Waals surface area (Å²) in [5.41, 5.74) is -3.73. The molecule has 0 spiro atoms. The van der Waals surface area contributed by atoms with Gasteiger partial charge in [-0.3, -0.25) is 4.55 Å². The van der Waals surface area contributed by atoms with E-state index in [1.807, 2.05) is 0 Å². The third kappa shape index (κ3) is 7.83. The van der Waals surface area contributed by atoms with Crippen LogP contribution in [0.5, 0.6) is 5.75 Å². The van der Waals surface area contributed by atoms with Crippen LogP contribution in [0.4, 0.5) is 42.5 Å². The number of carbonyl (C=O) groups excluding carboxylic acids is 1. The van der Waals surface area contributed by atoms with E-state index in [-0.39, 0.29) is 16.3 Å². The standard InChI is InChI=1S/C26H23ClF6N2O5S/c1-14(24(2,3)15-5-4-6-18(11-15)41(37,38)39)40-22-10-7-16(25(28,29)30)12-21(22)35-23(36)34-17-8-9-20(27)19(13-17)26(31,32)33/h4-14H,1-3H3,(H2,34,35,36)(H,37,38,39). The highest BCUT2D eigenvalue weighted by Crippen LogP contribution is 2.39. The third-order valence-corrected chi connectivity index (χ3v) is 7.46. The molecule has 0 aliphatic heterocycles. The molecule has 0 saturated heterocycles. The maximum absolute atomic E-state index is 13.4. The van der Waals surface area contributed by atoms with Gasteiger partial charge in [0.15, 0.2) is 0 Å². The summed E-state index contributed by atoms with van der Waals surface area (Å²) in [6, 6.07) is 9.00. The van der Waals surface area contributed by atoms with E-state index >= 15 is 0 Å². The molecular weight excluding hydrogens is 602 g/mol. The van der Waals surface area contributed by atoms with Crippen molar-refractivity contribution in [2.75, 3.05) is 10.6 Å². The van der Waals surface area contributed by atoms with E-state index in [9.17, 15) is 44.1 Å². The van der Waals surface area contributed by atoms with Crippen molar-refractivity contribution in [3.63, 3.8) is 0 Å². The van der Waals surface area contributed by atoms with Gasteiger partial charge in [0.05, 0.1) is 26.7 Å². The molecule has 41 heavy (non-hydrogen) atoms. The second kappa shape index (κ2) is 11.4. The Morgan fingerprint density at radius 3 is 2.15 bits per heavy atom. The molecular formula is C26H23ClF6N2O5S. The fraction of sp³-hybridized carbons (Fsp3) is 0.269. The van der Waals surface area contributed by atoms with Crippen molar-refractivity contribution >= 4 is 39.1 Å². The lowest BCUT2D eigenvalue weighted by Gasteiger charge is -2.33. The zero-order chi connectivity index (χ0) is 31.0. The van der Waals surface area contributed by atoms with Gasteiger partial charge in [-0.25, -0.2) is 4.79 Å². The average Bonchev–Trinajstić information content (AvgIpc) is 2.84. The molecule has 0 bridgehead atoms. The molecule has 0 aliphatic rings. The van der Waals surface area contributed by atoms with Crippen LogP contribution in [0.3, 0.4) is 0 Å². The molecule has 0 saturated carbocycles. The molecule has 0 fully saturated rings. The predicted octanol–water partition coefficient (Wildman–Crippen LogP) is 8.01. The van der Waals surface area contributed by atoms with Crippen LogP contribution in [0.15, 0.2) is 65.6 Å². The van der Waals surface area contributed by atoms with Crippen LogP contribution in [0.2, 0.25) is 5.02 Å². The van der Waals surface area contributed by atoms with Gasteiger partial charge in [-0.05, 0) is 61.0 Å². The predicted molar refractivity (Wildman–Crippen MR) is 140 cm³/mol. The summed E-state index contributed by atoms with van der Waals surface area (Å²) in [6.07, 6.45) is -10.5. The van der Waals surface area contributed by atoms with E-state index in [2.05, 4.69) is 10.6 Å². The van der Waals surface area contributed by atoms with Crippen LogP contribution in [0.25, 0.3) is 0 Å². The quantitative estimate of drug-likeness (QED) is 0.182. The van der Waals surface area contributed by atoms with Crippen LogP contribution >= 0.6 is 11.6 Å². The van der Waals surface area contributed by atoms with E-state index in [1.54, 1.807) is 26.8 Å². The monoisotopic (exact) mass is 624 g/mol. The number of urea groups is 1. The van der Waals surface area contributed by atoms with Crippen molar-refractivity contribution in [1.82, 2.24) is 0 Å². The maximum atomic E-state index is 13.4. The van der Waals surface area contributed by atoms with Gasteiger partial charge in [0, 0.05) is 11.1 Å². The first-order chi connectivity index (χ1) is 18.7. The molecule has 0 heterocycles. The Hall–Kier alpha value is -3.49. The SMILES string of the molecule is CC(Oc1ccc(C(F)(F)F)cc1NC(=O)Nc1ccc(Cl)c(C(F)(F)F)c1)C(C)(C)c1cccc(S(=O)(=O)O)c1. The number of benzene rings is 3. The summed E-state index contributed by atoms with van der Waals surface area (Å²) in [7, 11) is -4.52. The number of nitrogens with one attached hydrogen (secondary N) is 2. The first kappa shape index (κ1) is 32.0. The van der Waals surface area contributed by atoms with Gasteiger partial charge in [0.2, 0.25) is 0 Å². The van der Waals surface area contributed by atoms with Crippen LogP contribution in [-0.2, 0) is 27.9 Å². The minimum Gasteiger partial charge on any atom is -0.488 e. The Labute approximate surface area is 236 Å². The third-order valence-electron chi connectivity index (χ3n) is 6.28. The highest BCUT2D eigenvalue weighted by atomic mass is 35.5. The summed E-state index contributed by atoms with van der Waals surface area (Å²) in [4.78, 5) is 12.2. The minimum absolute atomic E-state index is 0.216. The van der Waals surface area contributed by atoms with Crippen LogP contribution in [0.1, 0.15) is 37.5 Å². The van der Waals surface area contributed by atoms with Crippen molar-refractivity contribution in [3.8, 4) is 5.75 Å². The number of hydrogen-bond donors (Lipinski definition) is 3. The number of halogens is 7. The van der Waals surface area contributed by atoms with Gasteiger partial charge >= 0.3 is 18.4 Å². The topological polar surface area (TPSA) is 105 Å². The number of hydrogen-bond acceptors (Lipinski definition) is 4. The van der Waals surface area contributed by atoms with Gasteiger partial charge < -0.3 is 15.4 Å². The normalized spacial score (nSPS) is 13.4. The molecule has 2 amide bonds. The number of anilines is 2. The van der Waals surface area contributed by atoms with Gasteiger partial charge in [-0.1, -0.05) is 37.6 Å². The van der Waals surface area contributed by atoms with Crippen LogP contribution < -0.4 is 15.4 Å². The van der Waals surface area contributed by atoms with E-state index in [0.717, 1.165) is 18.2 Å². The largest absolute Gasteiger partial charge is 0.488 e. The molecule has 3 rings (SSSR count). The van der Waals surface area contributed by atoms with Crippen LogP contribution in [0, 0.1) is 0 Å². The second-order valence-electron chi connectivity index (χ2n) is 9.46. The molecule has 7 nitrogen and oxygen atoms in total. The number of rotatable bonds is 7. The van der Waals surface area contributed by atoms with E-state index < -0.39 is 61.9 Å². The summed E-state index contributed by atoms with van der Waals surface area (Å²) >= 11 is 5.57. The Morgan fingerprint density at radius 1 is 0.902 bits per heavy atom. The summed E-state index contributed by atoms with van der Waals surface area (Å²) < 4.78 is 118. The van der Waals surface area contributed by atoms with E-state index in [1.165, 1.54) is 18.2 Å². The minimum atomic E-state index is -4.82. The van der Waals surface area contributed by atoms with Crippen molar-refractivity contribution < 1.29 is 48.8 Å². The molecule has 3 aromatic rings. The van der Waals surface area contributed by atoms with Gasteiger partial charge in [-0.2, -0.15) is 34.8 Å². The average molecular weight is 625 g/mol. The Kier molecular flexibility index (Phi) is 8.92. The highest BCUT2D eigenvalue weighted by Gasteiger charge is 2.35. The lowest BCUT2D eigenvalue weighted by atomic mass is 9.80. The lowest BCUT2D eigenvalue weighted by Crippen LogP contribution is -2.36. The molecule has 222 valence electrons. The fourth-order valence-corrected chi connectivity index (χ4v) is 4.39. The van der Waals surface area contributed by atoms with Crippen LogP contribution in [-0.4, -0.2) is 25.1 Å². The molecule has 3 N–H and O–H groups in total. The maximum Gasteiger partial charge on any atom is 0.417 e. The molecule has 3 aromatic carbocycles. The number of ether oxygens (including phenoxy) is 1. The first-order valence-corrected chi connectivity index (χ1v) is 13.4.